The molecule has 0 aliphatic heterocycles. The van der Waals surface area contributed by atoms with E-state index in [9.17, 15) is 27.5 Å². The van der Waals surface area contributed by atoms with Gasteiger partial charge >= 0.3 is 6.18 Å². The maximum atomic E-state index is 13.3. The lowest BCUT2D eigenvalue weighted by Crippen LogP contribution is -2.43. The first-order valence-electron chi connectivity index (χ1n) is 8.41. The van der Waals surface area contributed by atoms with Gasteiger partial charge in [0, 0.05) is 22.8 Å². The summed E-state index contributed by atoms with van der Waals surface area (Å²) in [5, 5.41) is 22.2. The Bertz CT molecular complexity index is 1130. The molecule has 3 rings (SSSR count). The summed E-state index contributed by atoms with van der Waals surface area (Å²) in [6.07, 6.45) is -3.21. The number of carbonyl (C=O) groups is 1. The molecular weight excluding hydrogens is 390 g/mol. The van der Waals surface area contributed by atoms with Crippen molar-refractivity contribution < 1.29 is 27.5 Å². The van der Waals surface area contributed by atoms with Gasteiger partial charge in [-0.25, -0.2) is 4.39 Å². The molecule has 0 unspecified atom stereocenters. The van der Waals surface area contributed by atoms with Crippen LogP contribution in [-0.4, -0.2) is 21.2 Å². The van der Waals surface area contributed by atoms with E-state index in [0.29, 0.717) is 17.0 Å². The molecule has 1 amide bonds. The molecule has 5 nitrogen and oxygen atoms in total. The van der Waals surface area contributed by atoms with Gasteiger partial charge in [0.15, 0.2) is 5.60 Å². The first kappa shape index (κ1) is 20.4. The van der Waals surface area contributed by atoms with E-state index in [1.165, 1.54) is 35.8 Å². The minimum atomic E-state index is -4.77. The molecule has 0 saturated heterocycles. The number of nitrogens with one attached hydrogen (secondary N) is 1. The molecule has 0 aliphatic rings. The fourth-order valence-electron chi connectivity index (χ4n) is 2.93. The Morgan fingerprint density at radius 1 is 1.21 bits per heavy atom. The first-order valence-corrected chi connectivity index (χ1v) is 8.41. The maximum absolute atomic E-state index is 13.3. The second-order valence-corrected chi connectivity index (χ2v) is 6.74. The molecule has 1 heterocycles. The SMILES string of the molecule is C[C@](O)(Cn1ccc2cc(F)ccc21)C(=O)Nc1ccc(C#N)c(C(F)(F)F)c1. The standard InChI is InChI=1S/C20H15F4N3O2/c1-19(29,11-27-7-6-12-8-14(21)3-5-17(12)27)18(28)26-15-4-2-13(10-25)16(9-15)20(22,23)24/h2-9,29H,11H2,1H3,(H,26,28)/t19-/m0/s1. The van der Waals surface area contributed by atoms with Crippen LogP contribution in [0, 0.1) is 17.1 Å². The number of anilines is 1. The summed E-state index contributed by atoms with van der Waals surface area (Å²) in [4.78, 5) is 12.5. The summed E-state index contributed by atoms with van der Waals surface area (Å²) < 4.78 is 54.1. The second kappa shape index (κ2) is 7.22. The number of hydrogen-bond donors (Lipinski definition) is 2. The molecule has 0 spiro atoms. The van der Waals surface area contributed by atoms with E-state index in [-0.39, 0.29) is 12.2 Å². The number of hydrogen-bond acceptors (Lipinski definition) is 3. The zero-order valence-corrected chi connectivity index (χ0v) is 15.1. The molecule has 1 atom stereocenters. The van der Waals surface area contributed by atoms with Crippen LogP contribution in [0.15, 0.2) is 48.7 Å². The summed E-state index contributed by atoms with van der Waals surface area (Å²) in [7, 11) is 0. The van der Waals surface area contributed by atoms with Gasteiger partial charge in [-0.3, -0.25) is 4.79 Å². The Balaban J connectivity index is 1.83. The molecule has 0 fully saturated rings. The smallest absolute Gasteiger partial charge is 0.378 e. The molecule has 0 aliphatic carbocycles. The van der Waals surface area contributed by atoms with Crippen molar-refractivity contribution in [1.82, 2.24) is 4.57 Å². The lowest BCUT2D eigenvalue weighted by Gasteiger charge is -2.24. The quantitative estimate of drug-likeness (QED) is 0.643. The van der Waals surface area contributed by atoms with Crippen molar-refractivity contribution in [3.05, 3.63) is 65.6 Å². The zero-order valence-electron chi connectivity index (χ0n) is 15.1. The van der Waals surface area contributed by atoms with E-state index >= 15 is 0 Å². The summed E-state index contributed by atoms with van der Waals surface area (Å²) in [5.41, 5.74) is -3.37. The highest BCUT2D eigenvalue weighted by Gasteiger charge is 2.35. The van der Waals surface area contributed by atoms with Crippen molar-refractivity contribution in [1.29, 1.82) is 5.26 Å². The second-order valence-electron chi connectivity index (χ2n) is 6.74. The fraction of sp³-hybridized carbons (Fsp3) is 0.200. The number of halogens is 4. The van der Waals surface area contributed by atoms with Crippen LogP contribution in [-0.2, 0) is 17.5 Å². The third kappa shape index (κ3) is 4.22. The van der Waals surface area contributed by atoms with Gasteiger partial charge in [-0.05, 0) is 49.4 Å². The minimum absolute atomic E-state index is 0.207. The summed E-state index contributed by atoms with van der Waals surface area (Å²) in [6, 6.07) is 9.83. The van der Waals surface area contributed by atoms with Gasteiger partial charge in [-0.2, -0.15) is 18.4 Å². The summed E-state index contributed by atoms with van der Waals surface area (Å²) in [5.74, 6) is -1.36. The van der Waals surface area contributed by atoms with E-state index in [0.717, 1.165) is 12.1 Å². The fourth-order valence-corrected chi connectivity index (χ4v) is 2.93. The van der Waals surface area contributed by atoms with Crippen LogP contribution in [0.5, 0.6) is 0 Å². The number of carbonyl (C=O) groups excluding carboxylic acids is 1. The number of amides is 1. The number of benzene rings is 2. The molecule has 0 radical (unpaired) electrons. The lowest BCUT2D eigenvalue weighted by atomic mass is 10.0. The van der Waals surface area contributed by atoms with Crippen LogP contribution in [0.4, 0.5) is 23.2 Å². The Morgan fingerprint density at radius 2 is 1.93 bits per heavy atom. The van der Waals surface area contributed by atoms with Crippen LogP contribution in [0.3, 0.4) is 0 Å². The minimum Gasteiger partial charge on any atom is -0.378 e. The number of aliphatic hydroxyl groups is 1. The molecule has 9 heteroatoms. The third-order valence-electron chi connectivity index (χ3n) is 4.40. The molecular formula is C20H15F4N3O2. The van der Waals surface area contributed by atoms with Crippen LogP contribution < -0.4 is 5.32 Å². The number of fused-ring (bicyclic) bond motifs is 1. The van der Waals surface area contributed by atoms with E-state index in [1.54, 1.807) is 12.3 Å². The largest absolute Gasteiger partial charge is 0.417 e. The van der Waals surface area contributed by atoms with Crippen molar-refractivity contribution in [2.45, 2.75) is 25.2 Å². The molecule has 2 N–H and O–H groups in total. The first-order chi connectivity index (χ1) is 13.5. The number of nitrogens with zero attached hydrogens (tertiary/aromatic N) is 2. The predicted octanol–water partition coefficient (Wildman–Crippen LogP) is 4.06. The molecule has 0 bridgehead atoms. The van der Waals surface area contributed by atoms with Crippen LogP contribution in [0.1, 0.15) is 18.1 Å². The lowest BCUT2D eigenvalue weighted by molar-refractivity contribution is -0.138. The molecule has 2 aromatic carbocycles. The maximum Gasteiger partial charge on any atom is 0.417 e. The Hall–Kier alpha value is -3.38. The monoisotopic (exact) mass is 405 g/mol. The average molecular weight is 405 g/mol. The van der Waals surface area contributed by atoms with Gasteiger partial charge in [0.1, 0.15) is 5.82 Å². The predicted molar refractivity (Wildman–Crippen MR) is 97.3 cm³/mol. The van der Waals surface area contributed by atoms with E-state index in [2.05, 4.69) is 5.32 Å². The molecule has 3 aromatic rings. The van der Waals surface area contributed by atoms with Crippen molar-refractivity contribution in [2.24, 2.45) is 0 Å². The summed E-state index contributed by atoms with van der Waals surface area (Å²) in [6.45, 7) is 1.00. The van der Waals surface area contributed by atoms with E-state index < -0.39 is 34.6 Å². The Labute approximate surface area is 162 Å². The van der Waals surface area contributed by atoms with Crippen LogP contribution >= 0.6 is 0 Å². The van der Waals surface area contributed by atoms with E-state index in [1.807, 2.05) is 0 Å². The van der Waals surface area contributed by atoms with Gasteiger partial charge in [0.2, 0.25) is 0 Å². The third-order valence-corrected chi connectivity index (χ3v) is 4.40. The Kier molecular flexibility index (Phi) is 5.07. The number of aromatic nitrogens is 1. The van der Waals surface area contributed by atoms with E-state index in [4.69, 9.17) is 5.26 Å². The number of nitriles is 1. The zero-order chi connectivity index (χ0) is 21.4. The molecule has 1 aromatic heterocycles. The van der Waals surface area contributed by atoms with Gasteiger partial charge in [0.05, 0.1) is 23.7 Å². The van der Waals surface area contributed by atoms with Crippen molar-refractivity contribution in [3.8, 4) is 6.07 Å². The highest BCUT2D eigenvalue weighted by Crippen LogP contribution is 2.33. The van der Waals surface area contributed by atoms with Crippen LogP contribution in [0.2, 0.25) is 0 Å². The topological polar surface area (TPSA) is 78.1 Å². The van der Waals surface area contributed by atoms with Gasteiger partial charge in [0.25, 0.3) is 5.91 Å². The Morgan fingerprint density at radius 3 is 2.59 bits per heavy atom. The molecule has 0 saturated carbocycles. The van der Waals surface area contributed by atoms with Gasteiger partial charge in [-0.1, -0.05) is 0 Å². The van der Waals surface area contributed by atoms with Gasteiger partial charge in [-0.15, -0.1) is 0 Å². The van der Waals surface area contributed by atoms with Crippen molar-refractivity contribution in [2.75, 3.05) is 5.32 Å². The number of rotatable bonds is 4. The number of alkyl halides is 3. The summed E-state index contributed by atoms with van der Waals surface area (Å²) >= 11 is 0. The van der Waals surface area contributed by atoms with Crippen LogP contribution in [0.25, 0.3) is 10.9 Å². The average Bonchev–Trinajstić information content (AvgIpc) is 3.02. The molecule has 29 heavy (non-hydrogen) atoms. The highest BCUT2D eigenvalue weighted by atomic mass is 19.4. The molecule has 150 valence electrons. The normalized spacial score (nSPS) is 13.7. The van der Waals surface area contributed by atoms with Crippen molar-refractivity contribution >= 4 is 22.5 Å². The van der Waals surface area contributed by atoms with Gasteiger partial charge < -0.3 is 15.0 Å². The van der Waals surface area contributed by atoms with Crippen molar-refractivity contribution in [3.63, 3.8) is 0 Å². The highest BCUT2D eigenvalue weighted by molar-refractivity contribution is 5.97.